The van der Waals surface area contributed by atoms with Gasteiger partial charge in [0.25, 0.3) is 0 Å². The van der Waals surface area contributed by atoms with Crippen LogP contribution in [-0.2, 0) is 4.79 Å². The highest BCUT2D eigenvalue weighted by Crippen LogP contribution is 2.28. The first-order valence-corrected chi connectivity index (χ1v) is 6.41. The largest absolute Gasteiger partial charge is 0.481 e. The Morgan fingerprint density at radius 3 is 2.59 bits per heavy atom. The van der Waals surface area contributed by atoms with Gasteiger partial charge in [-0.15, -0.1) is 0 Å². The third-order valence-electron chi connectivity index (χ3n) is 3.62. The third kappa shape index (κ3) is 2.70. The lowest BCUT2D eigenvalue weighted by Crippen LogP contribution is -2.49. The quantitative estimate of drug-likeness (QED) is 0.810. The minimum atomic E-state index is -0.781. The monoisotopic (exact) mass is 240 g/mol. The Hall–Kier alpha value is -1.26. The van der Waals surface area contributed by atoms with E-state index in [4.69, 9.17) is 5.11 Å². The van der Waals surface area contributed by atoms with Crippen molar-refractivity contribution in [2.75, 3.05) is 19.6 Å². The molecule has 1 aliphatic carbocycles. The van der Waals surface area contributed by atoms with Gasteiger partial charge in [-0.25, -0.2) is 4.79 Å². The summed E-state index contributed by atoms with van der Waals surface area (Å²) in [5.41, 5.74) is 0. The van der Waals surface area contributed by atoms with E-state index in [2.05, 4.69) is 0 Å². The minimum absolute atomic E-state index is 0.0287. The predicted octanol–water partition coefficient (Wildman–Crippen LogP) is 1.39. The van der Waals surface area contributed by atoms with Gasteiger partial charge in [0.05, 0.1) is 5.92 Å². The van der Waals surface area contributed by atoms with Crippen molar-refractivity contribution in [3.05, 3.63) is 0 Å². The number of hydrogen-bond donors (Lipinski definition) is 1. The zero-order chi connectivity index (χ0) is 12.4. The molecule has 2 aliphatic rings. The average Bonchev–Trinajstić information content (AvgIpc) is 3.14. The molecule has 1 heterocycles. The van der Waals surface area contributed by atoms with E-state index < -0.39 is 5.97 Å². The number of piperidine rings is 1. The molecule has 0 bridgehead atoms. The van der Waals surface area contributed by atoms with E-state index in [9.17, 15) is 9.59 Å². The molecule has 0 aromatic rings. The zero-order valence-electron chi connectivity index (χ0n) is 10.3. The number of hydrogen-bond acceptors (Lipinski definition) is 2. The number of carboxylic acid groups (broad SMARTS) is 1. The second-order valence-electron chi connectivity index (χ2n) is 4.92. The highest BCUT2D eigenvalue weighted by Gasteiger charge is 2.36. The van der Waals surface area contributed by atoms with Crippen molar-refractivity contribution in [1.82, 2.24) is 9.80 Å². The molecule has 2 rings (SSSR count). The molecule has 0 aromatic heterocycles. The standard InChI is InChI=1S/C12H20N2O3/c1-2-14(10-5-6-10)12(17)13-7-3-4-9(8-13)11(15)16/h9-10H,2-8H2,1H3,(H,15,16). The van der Waals surface area contributed by atoms with Gasteiger partial charge in [-0.05, 0) is 32.6 Å². The normalized spacial score (nSPS) is 24.5. The Balaban J connectivity index is 1.96. The molecule has 1 N–H and O–H groups in total. The Morgan fingerprint density at radius 1 is 1.35 bits per heavy atom. The molecular weight excluding hydrogens is 220 g/mol. The number of amides is 2. The molecule has 1 atom stereocenters. The topological polar surface area (TPSA) is 60.9 Å². The Labute approximate surface area is 101 Å². The molecule has 1 aliphatic heterocycles. The number of carbonyl (C=O) groups is 2. The molecule has 5 nitrogen and oxygen atoms in total. The number of nitrogens with zero attached hydrogens (tertiary/aromatic N) is 2. The van der Waals surface area contributed by atoms with E-state index >= 15 is 0 Å². The maximum absolute atomic E-state index is 12.2. The van der Waals surface area contributed by atoms with Crippen LogP contribution in [0.1, 0.15) is 32.6 Å². The highest BCUT2D eigenvalue weighted by atomic mass is 16.4. The van der Waals surface area contributed by atoms with Crippen molar-refractivity contribution < 1.29 is 14.7 Å². The number of aliphatic carboxylic acids is 1. The van der Waals surface area contributed by atoms with Crippen molar-refractivity contribution >= 4 is 12.0 Å². The van der Waals surface area contributed by atoms with Crippen LogP contribution in [0, 0.1) is 5.92 Å². The summed E-state index contributed by atoms with van der Waals surface area (Å²) in [6, 6.07) is 0.429. The van der Waals surface area contributed by atoms with Crippen LogP contribution in [-0.4, -0.2) is 52.6 Å². The molecular formula is C12H20N2O3. The van der Waals surface area contributed by atoms with Crippen molar-refractivity contribution in [2.45, 2.75) is 38.6 Å². The van der Waals surface area contributed by atoms with Gasteiger partial charge < -0.3 is 14.9 Å². The fourth-order valence-corrected chi connectivity index (χ4v) is 2.47. The fraction of sp³-hybridized carbons (Fsp3) is 0.833. The molecule has 0 radical (unpaired) electrons. The van der Waals surface area contributed by atoms with Crippen LogP contribution in [0.5, 0.6) is 0 Å². The number of carboxylic acids is 1. The summed E-state index contributed by atoms with van der Waals surface area (Å²) < 4.78 is 0. The van der Waals surface area contributed by atoms with Crippen LogP contribution in [0.4, 0.5) is 4.79 Å². The molecule has 1 saturated carbocycles. The molecule has 1 saturated heterocycles. The molecule has 5 heteroatoms. The van der Waals surface area contributed by atoms with Crippen molar-refractivity contribution in [3.8, 4) is 0 Å². The first-order valence-electron chi connectivity index (χ1n) is 6.41. The maximum Gasteiger partial charge on any atom is 0.320 e. The van der Waals surface area contributed by atoms with Crippen LogP contribution in [0.25, 0.3) is 0 Å². The third-order valence-corrected chi connectivity index (χ3v) is 3.62. The number of urea groups is 1. The van der Waals surface area contributed by atoms with E-state index in [1.807, 2.05) is 11.8 Å². The number of likely N-dealkylation sites (tertiary alicyclic amines) is 1. The van der Waals surface area contributed by atoms with E-state index in [0.29, 0.717) is 25.6 Å². The Kier molecular flexibility index (Phi) is 3.54. The molecule has 0 aromatic carbocycles. The van der Waals surface area contributed by atoms with E-state index in [1.54, 1.807) is 4.90 Å². The smallest absolute Gasteiger partial charge is 0.320 e. The van der Waals surface area contributed by atoms with Gasteiger partial charge in [-0.3, -0.25) is 4.79 Å². The summed E-state index contributed by atoms with van der Waals surface area (Å²) in [5, 5.41) is 9.00. The predicted molar refractivity (Wildman–Crippen MR) is 62.7 cm³/mol. The molecule has 17 heavy (non-hydrogen) atoms. The van der Waals surface area contributed by atoms with Gasteiger partial charge in [0.15, 0.2) is 0 Å². The summed E-state index contributed by atoms with van der Waals surface area (Å²) in [6.07, 6.45) is 3.67. The second kappa shape index (κ2) is 4.94. The first kappa shape index (κ1) is 12.2. The lowest BCUT2D eigenvalue weighted by Gasteiger charge is -2.35. The molecule has 1 unspecified atom stereocenters. The summed E-state index contributed by atoms with van der Waals surface area (Å²) >= 11 is 0. The van der Waals surface area contributed by atoms with Crippen LogP contribution in [0.2, 0.25) is 0 Å². The summed E-state index contributed by atoms with van der Waals surface area (Å²) in [5.74, 6) is -1.16. The van der Waals surface area contributed by atoms with Crippen LogP contribution >= 0.6 is 0 Å². The van der Waals surface area contributed by atoms with E-state index in [0.717, 1.165) is 25.8 Å². The molecule has 0 spiro atoms. The summed E-state index contributed by atoms with van der Waals surface area (Å²) in [4.78, 5) is 26.8. The van der Waals surface area contributed by atoms with Crippen molar-refractivity contribution in [1.29, 1.82) is 0 Å². The summed E-state index contributed by atoms with van der Waals surface area (Å²) in [6.45, 7) is 3.77. The van der Waals surface area contributed by atoms with Crippen LogP contribution in [0.15, 0.2) is 0 Å². The molecule has 2 amide bonds. The fourth-order valence-electron chi connectivity index (χ4n) is 2.47. The van der Waals surface area contributed by atoms with Gasteiger partial charge in [0.2, 0.25) is 0 Å². The molecule has 2 fully saturated rings. The lowest BCUT2D eigenvalue weighted by molar-refractivity contribution is -0.143. The maximum atomic E-state index is 12.2. The van der Waals surface area contributed by atoms with Crippen LogP contribution in [0.3, 0.4) is 0 Å². The highest BCUT2D eigenvalue weighted by molar-refractivity contribution is 5.77. The zero-order valence-corrected chi connectivity index (χ0v) is 10.3. The van der Waals surface area contributed by atoms with Gasteiger partial charge in [-0.1, -0.05) is 0 Å². The summed E-state index contributed by atoms with van der Waals surface area (Å²) in [7, 11) is 0. The van der Waals surface area contributed by atoms with Gasteiger partial charge in [-0.2, -0.15) is 0 Å². The second-order valence-corrected chi connectivity index (χ2v) is 4.92. The van der Waals surface area contributed by atoms with Gasteiger partial charge in [0.1, 0.15) is 0 Å². The first-order chi connectivity index (χ1) is 8.13. The molecule has 96 valence electrons. The Morgan fingerprint density at radius 2 is 2.06 bits per heavy atom. The number of rotatable bonds is 3. The van der Waals surface area contributed by atoms with Crippen molar-refractivity contribution in [2.24, 2.45) is 5.92 Å². The Bertz CT molecular complexity index is 315. The van der Waals surface area contributed by atoms with Crippen molar-refractivity contribution in [3.63, 3.8) is 0 Å². The van der Waals surface area contributed by atoms with Gasteiger partial charge in [0, 0.05) is 25.7 Å². The van der Waals surface area contributed by atoms with E-state index in [1.165, 1.54) is 0 Å². The SMILES string of the molecule is CCN(C(=O)N1CCCC(C(=O)O)C1)C1CC1. The van der Waals surface area contributed by atoms with E-state index in [-0.39, 0.29) is 11.9 Å². The van der Waals surface area contributed by atoms with Gasteiger partial charge >= 0.3 is 12.0 Å². The average molecular weight is 240 g/mol. The lowest BCUT2D eigenvalue weighted by atomic mass is 9.99. The van der Waals surface area contributed by atoms with Crippen LogP contribution < -0.4 is 0 Å². The number of carbonyl (C=O) groups excluding carboxylic acids is 1. The minimum Gasteiger partial charge on any atom is -0.481 e.